The fourth-order valence-corrected chi connectivity index (χ4v) is 5.18. The van der Waals surface area contributed by atoms with Crippen LogP contribution in [0.15, 0.2) is 121 Å². The highest BCUT2D eigenvalue weighted by atomic mass is 14.9. The van der Waals surface area contributed by atoms with Crippen molar-refractivity contribution in [3.63, 3.8) is 0 Å². The molecule has 2 nitrogen and oxygen atoms in total. The molecule has 0 aliphatic rings. The summed E-state index contributed by atoms with van der Waals surface area (Å²) in [4.78, 5) is 0. The summed E-state index contributed by atoms with van der Waals surface area (Å²) in [6, 6.07) is 43.8. The van der Waals surface area contributed by atoms with Gasteiger partial charge in [-0.1, -0.05) is 112 Å². The molecule has 0 bridgehead atoms. The van der Waals surface area contributed by atoms with Crippen LogP contribution in [0.5, 0.6) is 0 Å². The van der Waals surface area contributed by atoms with Gasteiger partial charge in [-0.15, -0.1) is 0 Å². The second kappa shape index (κ2) is 11.1. The van der Waals surface area contributed by atoms with Crippen LogP contribution in [0.3, 0.4) is 0 Å². The Kier molecular flexibility index (Phi) is 7.54. The summed E-state index contributed by atoms with van der Waals surface area (Å²) in [6.45, 7) is 13.4. The molecule has 2 heteroatoms. The molecule has 2 N–H and O–H groups in total. The summed E-state index contributed by atoms with van der Waals surface area (Å²) in [5.41, 5.74) is 11.9. The van der Waals surface area contributed by atoms with E-state index in [2.05, 4.69) is 174 Å². The van der Waals surface area contributed by atoms with Crippen molar-refractivity contribution in [3.05, 3.63) is 155 Å². The Hall–Kier alpha value is -4.30. The zero-order chi connectivity index (χ0) is 28.3. The van der Waals surface area contributed by atoms with Crippen molar-refractivity contribution < 1.29 is 0 Å². The van der Waals surface area contributed by atoms with Gasteiger partial charge >= 0.3 is 0 Å². The van der Waals surface area contributed by atoms with Crippen LogP contribution in [0.2, 0.25) is 0 Å². The molecule has 0 heterocycles. The molecule has 0 amide bonds. The average molecular weight is 525 g/mol. The Morgan fingerprint density at radius 2 is 0.525 bits per heavy atom. The van der Waals surface area contributed by atoms with Gasteiger partial charge in [-0.3, -0.25) is 0 Å². The van der Waals surface area contributed by atoms with Crippen molar-refractivity contribution >= 4 is 22.7 Å². The fraction of sp³-hybridized carbons (Fsp3) is 0.211. The Morgan fingerprint density at radius 1 is 0.325 bits per heavy atom. The van der Waals surface area contributed by atoms with Crippen LogP contribution in [-0.4, -0.2) is 0 Å². The lowest BCUT2D eigenvalue weighted by molar-refractivity contribution is 0.626. The maximum Gasteiger partial charge on any atom is 0.0384 e. The first kappa shape index (κ1) is 27.3. The second-order valence-corrected chi connectivity index (χ2v) is 12.0. The molecule has 0 saturated carbocycles. The van der Waals surface area contributed by atoms with Crippen molar-refractivity contribution in [2.75, 3.05) is 10.6 Å². The van der Waals surface area contributed by atoms with E-state index in [9.17, 15) is 0 Å². The molecule has 5 rings (SSSR count). The molecule has 0 aromatic heterocycles. The van der Waals surface area contributed by atoms with E-state index in [1.54, 1.807) is 0 Å². The lowest BCUT2D eigenvalue weighted by Crippen LogP contribution is -2.21. The quantitative estimate of drug-likeness (QED) is 0.211. The van der Waals surface area contributed by atoms with Crippen LogP contribution >= 0.6 is 0 Å². The molecule has 0 spiro atoms. The van der Waals surface area contributed by atoms with Gasteiger partial charge in [0.15, 0.2) is 0 Å². The number of hydrogen-bond donors (Lipinski definition) is 2. The van der Waals surface area contributed by atoms with Crippen molar-refractivity contribution in [3.8, 4) is 0 Å². The smallest absolute Gasteiger partial charge is 0.0384 e. The summed E-state index contributed by atoms with van der Waals surface area (Å²) < 4.78 is 0. The number of benzene rings is 5. The van der Waals surface area contributed by atoms with Crippen LogP contribution in [0, 0.1) is 13.8 Å². The third-order valence-corrected chi connectivity index (χ3v) is 8.22. The van der Waals surface area contributed by atoms with E-state index >= 15 is 0 Å². The van der Waals surface area contributed by atoms with Gasteiger partial charge in [-0.2, -0.15) is 0 Å². The highest BCUT2D eigenvalue weighted by molar-refractivity contribution is 5.62. The molecule has 0 radical (unpaired) electrons. The predicted molar refractivity (Wildman–Crippen MR) is 173 cm³/mol. The third kappa shape index (κ3) is 5.97. The van der Waals surface area contributed by atoms with Crippen molar-refractivity contribution in [2.24, 2.45) is 0 Å². The molecule has 40 heavy (non-hydrogen) atoms. The number of nitrogens with one attached hydrogen (secondary N) is 2. The normalized spacial score (nSPS) is 11.8. The Morgan fingerprint density at radius 3 is 0.775 bits per heavy atom. The molecule has 0 aliphatic carbocycles. The van der Waals surface area contributed by atoms with Crippen LogP contribution in [0.4, 0.5) is 22.7 Å². The summed E-state index contributed by atoms with van der Waals surface area (Å²) in [7, 11) is 0. The predicted octanol–water partition coefficient (Wildman–Crippen LogP) is 10.4. The summed E-state index contributed by atoms with van der Waals surface area (Å²) >= 11 is 0. The zero-order valence-corrected chi connectivity index (χ0v) is 24.5. The van der Waals surface area contributed by atoms with E-state index in [1.807, 2.05) is 0 Å². The minimum atomic E-state index is -0.103. The van der Waals surface area contributed by atoms with Gasteiger partial charge in [-0.05, 0) is 84.6 Å². The zero-order valence-electron chi connectivity index (χ0n) is 24.5. The minimum Gasteiger partial charge on any atom is -0.356 e. The SMILES string of the molecule is Cc1ccc(Nc2ccc(C(C)(C)c3ccc(C(C)(C)c4ccc(Nc5ccc(C)cc5)cc4)cc3)cc2)cc1. The largest absolute Gasteiger partial charge is 0.356 e. The maximum absolute atomic E-state index is 3.50. The summed E-state index contributed by atoms with van der Waals surface area (Å²) in [6.07, 6.45) is 0. The van der Waals surface area contributed by atoms with Crippen molar-refractivity contribution in [1.82, 2.24) is 0 Å². The molecule has 0 unspecified atom stereocenters. The number of anilines is 4. The highest BCUT2D eigenvalue weighted by Gasteiger charge is 2.26. The molecule has 202 valence electrons. The van der Waals surface area contributed by atoms with E-state index in [4.69, 9.17) is 0 Å². The molecule has 5 aromatic rings. The monoisotopic (exact) mass is 524 g/mol. The van der Waals surface area contributed by atoms with Gasteiger partial charge in [0.05, 0.1) is 0 Å². The maximum atomic E-state index is 3.50. The minimum absolute atomic E-state index is 0.103. The summed E-state index contributed by atoms with van der Waals surface area (Å²) in [5, 5.41) is 7.01. The summed E-state index contributed by atoms with van der Waals surface area (Å²) in [5.74, 6) is 0. The third-order valence-electron chi connectivity index (χ3n) is 8.22. The Bertz CT molecular complexity index is 1420. The number of rotatable bonds is 8. The van der Waals surface area contributed by atoms with Gasteiger partial charge in [0.1, 0.15) is 0 Å². The Labute approximate surface area is 240 Å². The second-order valence-electron chi connectivity index (χ2n) is 12.0. The average Bonchev–Trinajstić information content (AvgIpc) is 2.96. The van der Waals surface area contributed by atoms with E-state index in [1.165, 1.54) is 33.4 Å². The van der Waals surface area contributed by atoms with Gasteiger partial charge in [0.25, 0.3) is 0 Å². The number of aryl methyl sites for hydroxylation is 2. The first-order valence-electron chi connectivity index (χ1n) is 14.1. The van der Waals surface area contributed by atoms with Gasteiger partial charge in [0, 0.05) is 33.6 Å². The highest BCUT2D eigenvalue weighted by Crippen LogP contribution is 2.36. The molecular formula is C38H40N2. The first-order chi connectivity index (χ1) is 19.1. The van der Waals surface area contributed by atoms with Crippen molar-refractivity contribution in [1.29, 1.82) is 0 Å². The number of hydrogen-bond acceptors (Lipinski definition) is 2. The fourth-order valence-electron chi connectivity index (χ4n) is 5.18. The Balaban J connectivity index is 1.28. The van der Waals surface area contributed by atoms with Gasteiger partial charge < -0.3 is 10.6 Å². The molecular weight excluding hydrogens is 484 g/mol. The lowest BCUT2D eigenvalue weighted by atomic mass is 9.74. The first-order valence-corrected chi connectivity index (χ1v) is 14.1. The molecule has 0 fully saturated rings. The van der Waals surface area contributed by atoms with E-state index in [0.29, 0.717) is 0 Å². The van der Waals surface area contributed by atoms with Crippen LogP contribution in [0.25, 0.3) is 0 Å². The van der Waals surface area contributed by atoms with Crippen LogP contribution in [-0.2, 0) is 10.8 Å². The van der Waals surface area contributed by atoms with Gasteiger partial charge in [0.2, 0.25) is 0 Å². The molecule has 0 saturated heterocycles. The topological polar surface area (TPSA) is 24.1 Å². The van der Waals surface area contributed by atoms with Crippen LogP contribution < -0.4 is 10.6 Å². The van der Waals surface area contributed by atoms with Crippen molar-refractivity contribution in [2.45, 2.75) is 52.4 Å². The standard InChI is InChI=1S/C38H40N2/c1-27-7-19-33(20-8-27)39-35-23-15-31(16-24-35)37(3,4)29-11-13-30(14-12-29)38(5,6)32-17-25-36(26-18-32)40-34-21-9-28(2)10-22-34/h7-26,39-40H,1-6H3. The molecule has 0 atom stereocenters. The van der Waals surface area contributed by atoms with Gasteiger partial charge in [-0.25, -0.2) is 0 Å². The molecule has 5 aromatic carbocycles. The van der Waals surface area contributed by atoms with E-state index < -0.39 is 0 Å². The van der Waals surface area contributed by atoms with E-state index in [0.717, 1.165) is 22.7 Å². The lowest BCUT2D eigenvalue weighted by Gasteiger charge is -2.30. The van der Waals surface area contributed by atoms with E-state index in [-0.39, 0.29) is 10.8 Å². The molecule has 0 aliphatic heterocycles. The van der Waals surface area contributed by atoms with Crippen LogP contribution in [0.1, 0.15) is 61.1 Å².